The molecule has 1 aromatic heterocycles. The monoisotopic (exact) mass is 348 g/mol. The first-order valence-electron chi connectivity index (χ1n) is 8.46. The van der Waals surface area contributed by atoms with Gasteiger partial charge in [0.15, 0.2) is 15.7 Å². The van der Waals surface area contributed by atoms with Crippen molar-refractivity contribution >= 4 is 9.84 Å². The van der Waals surface area contributed by atoms with E-state index in [-0.39, 0.29) is 5.75 Å². The molecule has 0 N–H and O–H groups in total. The van der Waals surface area contributed by atoms with Gasteiger partial charge in [-0.1, -0.05) is 12.1 Å². The highest BCUT2D eigenvalue weighted by molar-refractivity contribution is 7.91. The maximum Gasteiger partial charge on any atom is 0.197 e. The SMILES string of the molecule is Cc1cccc(S(=O)(=O)CCCN2CCC(c3ncco3)CC2)c1. The number of sulfone groups is 1. The van der Waals surface area contributed by atoms with E-state index in [0.717, 1.165) is 43.9 Å². The van der Waals surface area contributed by atoms with Crippen LogP contribution in [0.15, 0.2) is 46.0 Å². The van der Waals surface area contributed by atoms with Crippen LogP contribution in [0, 0.1) is 6.92 Å². The highest BCUT2D eigenvalue weighted by Gasteiger charge is 2.23. The Hall–Kier alpha value is -1.66. The molecule has 0 unspecified atom stereocenters. The van der Waals surface area contributed by atoms with Gasteiger partial charge in [0.05, 0.1) is 16.8 Å². The largest absolute Gasteiger partial charge is 0.449 e. The Balaban J connectivity index is 1.45. The third-order valence-electron chi connectivity index (χ3n) is 4.62. The topological polar surface area (TPSA) is 63.4 Å². The molecule has 0 bridgehead atoms. The van der Waals surface area contributed by atoms with Gasteiger partial charge in [0, 0.05) is 5.92 Å². The van der Waals surface area contributed by atoms with Crippen molar-refractivity contribution < 1.29 is 12.8 Å². The van der Waals surface area contributed by atoms with Gasteiger partial charge in [0.1, 0.15) is 6.26 Å². The van der Waals surface area contributed by atoms with Gasteiger partial charge in [-0.05, 0) is 63.5 Å². The third-order valence-corrected chi connectivity index (χ3v) is 6.42. The Morgan fingerprint density at radius 3 is 2.75 bits per heavy atom. The Labute approximate surface area is 143 Å². The minimum atomic E-state index is -3.18. The second-order valence-corrected chi connectivity index (χ2v) is 8.58. The summed E-state index contributed by atoms with van der Waals surface area (Å²) in [5, 5.41) is 0. The first-order valence-corrected chi connectivity index (χ1v) is 10.1. The standard InChI is InChI=1S/C18H24N2O3S/c1-15-4-2-5-17(14-15)24(21,22)13-3-9-20-10-6-16(7-11-20)18-19-8-12-23-18/h2,4-5,8,12,14,16H,3,6-7,9-11,13H2,1H3. The van der Waals surface area contributed by atoms with Crippen LogP contribution in [-0.4, -0.2) is 43.7 Å². The molecule has 0 saturated carbocycles. The third kappa shape index (κ3) is 4.24. The Bertz CT molecular complexity index is 748. The van der Waals surface area contributed by atoms with E-state index in [1.807, 2.05) is 13.0 Å². The van der Waals surface area contributed by atoms with Gasteiger partial charge in [0.2, 0.25) is 0 Å². The van der Waals surface area contributed by atoms with Crippen LogP contribution < -0.4 is 0 Å². The zero-order valence-corrected chi connectivity index (χ0v) is 14.8. The van der Waals surface area contributed by atoms with Crippen molar-refractivity contribution in [3.8, 4) is 0 Å². The summed E-state index contributed by atoms with van der Waals surface area (Å²) in [4.78, 5) is 7.01. The quantitative estimate of drug-likeness (QED) is 0.803. The summed E-state index contributed by atoms with van der Waals surface area (Å²) >= 11 is 0. The van der Waals surface area contributed by atoms with E-state index in [0.29, 0.717) is 17.2 Å². The molecule has 0 atom stereocenters. The van der Waals surface area contributed by atoms with E-state index >= 15 is 0 Å². The fourth-order valence-corrected chi connectivity index (χ4v) is 4.64. The average Bonchev–Trinajstić information content (AvgIpc) is 3.10. The number of nitrogens with zero attached hydrogens (tertiary/aromatic N) is 2. The van der Waals surface area contributed by atoms with Crippen molar-refractivity contribution in [3.05, 3.63) is 48.2 Å². The lowest BCUT2D eigenvalue weighted by Gasteiger charge is -2.30. The van der Waals surface area contributed by atoms with Crippen LogP contribution in [0.1, 0.15) is 36.6 Å². The van der Waals surface area contributed by atoms with Crippen molar-refractivity contribution in [2.24, 2.45) is 0 Å². The summed E-state index contributed by atoms with van der Waals surface area (Å²) in [6.07, 6.45) is 6.02. The second kappa shape index (κ2) is 7.49. The molecule has 130 valence electrons. The number of piperidine rings is 1. The lowest BCUT2D eigenvalue weighted by atomic mass is 9.97. The van der Waals surface area contributed by atoms with Crippen molar-refractivity contribution in [3.63, 3.8) is 0 Å². The van der Waals surface area contributed by atoms with Crippen LogP contribution in [-0.2, 0) is 9.84 Å². The lowest BCUT2D eigenvalue weighted by molar-refractivity contribution is 0.200. The Morgan fingerprint density at radius 2 is 2.08 bits per heavy atom. The molecule has 2 heterocycles. The van der Waals surface area contributed by atoms with E-state index < -0.39 is 9.84 Å². The van der Waals surface area contributed by atoms with Crippen LogP contribution in [0.5, 0.6) is 0 Å². The van der Waals surface area contributed by atoms with E-state index in [1.54, 1.807) is 30.7 Å². The van der Waals surface area contributed by atoms with E-state index in [9.17, 15) is 8.42 Å². The maximum absolute atomic E-state index is 12.4. The van der Waals surface area contributed by atoms with Crippen molar-refractivity contribution in [2.75, 3.05) is 25.4 Å². The Morgan fingerprint density at radius 1 is 1.29 bits per heavy atom. The van der Waals surface area contributed by atoms with Crippen LogP contribution in [0.25, 0.3) is 0 Å². The molecular formula is C18H24N2O3S. The van der Waals surface area contributed by atoms with Gasteiger partial charge in [0.25, 0.3) is 0 Å². The number of hydrogen-bond acceptors (Lipinski definition) is 5. The first-order chi connectivity index (χ1) is 11.5. The number of benzene rings is 1. The summed E-state index contributed by atoms with van der Waals surface area (Å²) < 4.78 is 30.2. The van der Waals surface area contributed by atoms with E-state index in [1.165, 1.54) is 0 Å². The molecule has 0 aliphatic carbocycles. The molecular weight excluding hydrogens is 324 g/mol. The number of aryl methyl sites for hydroxylation is 1. The summed E-state index contributed by atoms with van der Waals surface area (Å²) in [6.45, 7) is 4.68. The van der Waals surface area contributed by atoms with Crippen LogP contribution in [0.3, 0.4) is 0 Å². The molecule has 1 aromatic carbocycles. The van der Waals surface area contributed by atoms with Gasteiger partial charge in [-0.15, -0.1) is 0 Å². The van der Waals surface area contributed by atoms with E-state index in [4.69, 9.17) is 4.42 Å². The number of rotatable bonds is 6. The van der Waals surface area contributed by atoms with Crippen molar-refractivity contribution in [1.82, 2.24) is 9.88 Å². The predicted molar refractivity (Wildman–Crippen MR) is 92.8 cm³/mol. The molecule has 1 aliphatic heterocycles. The van der Waals surface area contributed by atoms with Gasteiger partial charge < -0.3 is 9.32 Å². The van der Waals surface area contributed by atoms with Crippen LogP contribution >= 0.6 is 0 Å². The van der Waals surface area contributed by atoms with E-state index in [2.05, 4.69) is 9.88 Å². The number of oxazole rings is 1. The number of hydrogen-bond donors (Lipinski definition) is 0. The van der Waals surface area contributed by atoms with Crippen molar-refractivity contribution in [2.45, 2.75) is 37.0 Å². The number of aromatic nitrogens is 1. The molecule has 3 rings (SSSR count). The molecule has 0 radical (unpaired) electrons. The molecule has 24 heavy (non-hydrogen) atoms. The van der Waals surface area contributed by atoms with Gasteiger partial charge in [-0.25, -0.2) is 13.4 Å². The number of likely N-dealkylation sites (tertiary alicyclic amines) is 1. The predicted octanol–water partition coefficient (Wildman–Crippen LogP) is 3.03. The molecule has 1 saturated heterocycles. The highest BCUT2D eigenvalue weighted by Crippen LogP contribution is 2.26. The smallest absolute Gasteiger partial charge is 0.197 e. The second-order valence-electron chi connectivity index (χ2n) is 6.48. The highest BCUT2D eigenvalue weighted by atomic mass is 32.2. The molecule has 0 amide bonds. The summed E-state index contributed by atoms with van der Waals surface area (Å²) in [5.41, 5.74) is 0.977. The normalized spacial score (nSPS) is 17.2. The summed E-state index contributed by atoms with van der Waals surface area (Å²) in [6, 6.07) is 7.15. The molecule has 1 aliphatic rings. The minimum absolute atomic E-state index is 0.204. The molecule has 0 spiro atoms. The summed E-state index contributed by atoms with van der Waals surface area (Å²) in [5.74, 6) is 1.43. The van der Waals surface area contributed by atoms with Crippen LogP contribution in [0.2, 0.25) is 0 Å². The lowest BCUT2D eigenvalue weighted by Crippen LogP contribution is -2.34. The fraction of sp³-hybridized carbons (Fsp3) is 0.500. The van der Waals surface area contributed by atoms with Crippen LogP contribution in [0.4, 0.5) is 0 Å². The molecule has 2 aromatic rings. The zero-order chi connectivity index (χ0) is 17.0. The Kier molecular flexibility index (Phi) is 5.36. The van der Waals surface area contributed by atoms with Crippen molar-refractivity contribution in [1.29, 1.82) is 0 Å². The fourth-order valence-electron chi connectivity index (χ4n) is 3.24. The maximum atomic E-state index is 12.4. The van der Waals surface area contributed by atoms with Gasteiger partial charge in [-0.2, -0.15) is 0 Å². The average molecular weight is 348 g/mol. The van der Waals surface area contributed by atoms with Gasteiger partial charge >= 0.3 is 0 Å². The zero-order valence-electron chi connectivity index (χ0n) is 14.0. The first kappa shape index (κ1) is 17.2. The van der Waals surface area contributed by atoms with Gasteiger partial charge in [-0.3, -0.25) is 0 Å². The molecule has 1 fully saturated rings. The minimum Gasteiger partial charge on any atom is -0.449 e. The summed E-state index contributed by atoms with van der Waals surface area (Å²) in [7, 11) is -3.18. The molecule has 5 nitrogen and oxygen atoms in total. The molecule has 6 heteroatoms.